The topological polar surface area (TPSA) is 138 Å². The lowest BCUT2D eigenvalue weighted by molar-refractivity contribution is -0.182. The molecule has 0 aromatic heterocycles. The van der Waals surface area contributed by atoms with Gasteiger partial charge in [0.15, 0.2) is 6.61 Å². The molecule has 0 aliphatic carbocycles. The van der Waals surface area contributed by atoms with Gasteiger partial charge in [0.1, 0.15) is 0 Å². The summed E-state index contributed by atoms with van der Waals surface area (Å²) in [6.07, 6.45) is -4.29. The first-order valence-corrected chi connectivity index (χ1v) is 6.01. The van der Waals surface area contributed by atoms with Crippen molar-refractivity contribution < 1.29 is 52.4 Å². The molecular formula is C14H17F3O8. The number of hydrogen-bond donors (Lipinski definition) is 3. The molecular weight excluding hydrogens is 353 g/mol. The highest BCUT2D eigenvalue weighted by Crippen LogP contribution is 2.14. The molecule has 0 rings (SSSR count). The third-order valence-electron chi connectivity index (χ3n) is 1.58. The maximum absolute atomic E-state index is 11.2. The van der Waals surface area contributed by atoms with E-state index in [1.165, 1.54) is 6.92 Å². The number of carboxylic acids is 3. The van der Waals surface area contributed by atoms with Crippen molar-refractivity contribution in [1.29, 1.82) is 0 Å². The normalized spacial score (nSPS) is 9.12. The number of carbonyl (C=O) groups is 4. The van der Waals surface area contributed by atoms with Crippen LogP contribution in [-0.2, 0) is 23.9 Å². The Morgan fingerprint density at radius 2 is 1.44 bits per heavy atom. The third-order valence-corrected chi connectivity index (χ3v) is 1.58. The zero-order valence-electron chi connectivity index (χ0n) is 13.1. The molecule has 0 bridgehead atoms. The molecule has 8 nitrogen and oxygen atoms in total. The first-order chi connectivity index (χ1) is 11.1. The number of hydrogen-bond acceptors (Lipinski definition) is 5. The standard InChI is InChI=1S/C5H5F3O2.C5H6O4.C4H6O2/c1-2-4(9)10-3-5(6,7)8;1-3(5(8)9)2-4(6)7;1-3(2)4(5)6/h2H,1,3H2;1-2H2,(H,6,7)(H,8,9);1H2,2H3,(H,5,6). The highest BCUT2D eigenvalue weighted by molar-refractivity contribution is 5.91. The molecule has 0 fully saturated rings. The summed E-state index contributed by atoms with van der Waals surface area (Å²) in [6.45, 7) is 8.98. The van der Waals surface area contributed by atoms with Gasteiger partial charge in [0, 0.05) is 17.2 Å². The van der Waals surface area contributed by atoms with Crippen LogP contribution >= 0.6 is 0 Å². The zero-order chi connectivity index (χ0) is 20.8. The monoisotopic (exact) mass is 370 g/mol. The number of aliphatic carboxylic acids is 3. The summed E-state index contributed by atoms with van der Waals surface area (Å²) in [5, 5.41) is 24.0. The first-order valence-electron chi connectivity index (χ1n) is 6.01. The molecule has 0 amide bonds. The molecule has 0 aromatic carbocycles. The Morgan fingerprint density at radius 3 is 1.60 bits per heavy atom. The Hall–Kier alpha value is -3.11. The van der Waals surface area contributed by atoms with Gasteiger partial charge in [-0.15, -0.1) is 0 Å². The number of rotatable bonds is 6. The minimum atomic E-state index is -4.46. The summed E-state index contributed by atoms with van der Waals surface area (Å²) in [4.78, 5) is 39.3. The zero-order valence-corrected chi connectivity index (χ0v) is 13.1. The van der Waals surface area contributed by atoms with E-state index in [9.17, 15) is 32.3 Å². The molecule has 0 aliphatic rings. The largest absolute Gasteiger partial charge is 0.481 e. The number of alkyl halides is 3. The van der Waals surface area contributed by atoms with Gasteiger partial charge in [0.05, 0.1) is 6.42 Å². The Labute approximate surface area is 140 Å². The van der Waals surface area contributed by atoms with Gasteiger partial charge in [-0.05, 0) is 6.92 Å². The summed E-state index contributed by atoms with van der Waals surface area (Å²) in [6, 6.07) is 0. The van der Waals surface area contributed by atoms with Gasteiger partial charge >= 0.3 is 30.1 Å². The molecule has 11 heteroatoms. The number of halogens is 3. The minimum Gasteiger partial charge on any atom is -0.481 e. The van der Waals surface area contributed by atoms with E-state index in [0.29, 0.717) is 6.08 Å². The fourth-order valence-electron chi connectivity index (χ4n) is 0.470. The average Bonchev–Trinajstić information content (AvgIpc) is 2.44. The van der Waals surface area contributed by atoms with Crippen LogP contribution in [0.3, 0.4) is 0 Å². The third kappa shape index (κ3) is 26.1. The molecule has 142 valence electrons. The predicted molar refractivity (Wildman–Crippen MR) is 78.7 cm³/mol. The van der Waals surface area contributed by atoms with E-state index in [-0.39, 0.29) is 11.1 Å². The molecule has 25 heavy (non-hydrogen) atoms. The van der Waals surface area contributed by atoms with Crippen LogP contribution in [0.4, 0.5) is 13.2 Å². The lowest BCUT2D eigenvalue weighted by Gasteiger charge is -2.04. The van der Waals surface area contributed by atoms with Crippen molar-refractivity contribution in [3.05, 3.63) is 37.0 Å². The van der Waals surface area contributed by atoms with E-state index in [1.54, 1.807) is 0 Å². The van der Waals surface area contributed by atoms with E-state index in [0.717, 1.165) is 0 Å². The van der Waals surface area contributed by atoms with Crippen LogP contribution in [0.1, 0.15) is 13.3 Å². The lowest BCUT2D eigenvalue weighted by Crippen LogP contribution is -2.19. The fourth-order valence-corrected chi connectivity index (χ4v) is 0.470. The lowest BCUT2D eigenvalue weighted by atomic mass is 10.2. The van der Waals surface area contributed by atoms with Crippen molar-refractivity contribution in [1.82, 2.24) is 0 Å². The van der Waals surface area contributed by atoms with Crippen LogP contribution in [0.15, 0.2) is 37.0 Å². The van der Waals surface area contributed by atoms with E-state index in [2.05, 4.69) is 24.5 Å². The van der Waals surface area contributed by atoms with Gasteiger partial charge in [-0.3, -0.25) is 4.79 Å². The smallest absolute Gasteiger partial charge is 0.422 e. The van der Waals surface area contributed by atoms with Crippen molar-refractivity contribution in [3.63, 3.8) is 0 Å². The summed E-state index contributed by atoms with van der Waals surface area (Å²) in [5.74, 6) is -4.45. The number of carboxylic acid groups (broad SMARTS) is 3. The predicted octanol–water partition coefficient (Wildman–Crippen LogP) is 2.03. The van der Waals surface area contributed by atoms with Crippen LogP contribution in [-0.4, -0.2) is 52.0 Å². The second-order valence-electron chi connectivity index (χ2n) is 3.99. The van der Waals surface area contributed by atoms with Gasteiger partial charge in [0.25, 0.3) is 0 Å². The molecule has 0 aromatic rings. The van der Waals surface area contributed by atoms with E-state index >= 15 is 0 Å². The van der Waals surface area contributed by atoms with Gasteiger partial charge in [-0.1, -0.05) is 19.7 Å². The second kappa shape index (κ2) is 13.3. The van der Waals surface area contributed by atoms with Crippen molar-refractivity contribution in [2.75, 3.05) is 6.61 Å². The number of esters is 1. The summed E-state index contributed by atoms with van der Waals surface area (Å²) >= 11 is 0. The van der Waals surface area contributed by atoms with Gasteiger partial charge in [-0.2, -0.15) is 13.2 Å². The van der Waals surface area contributed by atoms with Gasteiger partial charge in [-0.25, -0.2) is 14.4 Å². The number of ether oxygens (including phenoxy) is 1. The summed E-state index contributed by atoms with van der Waals surface area (Å²) < 4.78 is 37.4. The molecule has 0 radical (unpaired) electrons. The van der Waals surface area contributed by atoms with Crippen LogP contribution in [0.25, 0.3) is 0 Å². The highest BCUT2D eigenvalue weighted by atomic mass is 19.4. The Morgan fingerprint density at radius 1 is 1.04 bits per heavy atom. The van der Waals surface area contributed by atoms with E-state index < -0.39 is 43.1 Å². The van der Waals surface area contributed by atoms with Crippen molar-refractivity contribution in [3.8, 4) is 0 Å². The van der Waals surface area contributed by atoms with Crippen LogP contribution in [0, 0.1) is 0 Å². The van der Waals surface area contributed by atoms with Crippen molar-refractivity contribution >= 4 is 23.9 Å². The van der Waals surface area contributed by atoms with E-state index in [4.69, 9.17) is 15.3 Å². The molecule has 0 atom stereocenters. The van der Waals surface area contributed by atoms with Gasteiger partial charge in [0.2, 0.25) is 0 Å². The molecule has 0 unspecified atom stereocenters. The molecule has 0 spiro atoms. The SMILES string of the molecule is C=C(C)C(=O)O.C=C(CC(=O)O)C(=O)O.C=CC(=O)OCC(F)(F)F. The maximum Gasteiger partial charge on any atom is 0.422 e. The molecule has 0 heterocycles. The fraction of sp³-hybridized carbons (Fsp3) is 0.286. The molecule has 0 saturated heterocycles. The maximum atomic E-state index is 11.2. The number of carbonyl (C=O) groups excluding carboxylic acids is 1. The van der Waals surface area contributed by atoms with Crippen LogP contribution in [0.5, 0.6) is 0 Å². The summed E-state index contributed by atoms with van der Waals surface area (Å²) in [7, 11) is 0. The van der Waals surface area contributed by atoms with Crippen molar-refractivity contribution in [2.24, 2.45) is 0 Å². The Balaban J connectivity index is -0.000000300. The average molecular weight is 370 g/mol. The van der Waals surface area contributed by atoms with Gasteiger partial charge < -0.3 is 20.1 Å². The van der Waals surface area contributed by atoms with Crippen LogP contribution < -0.4 is 0 Å². The highest BCUT2D eigenvalue weighted by Gasteiger charge is 2.28. The Kier molecular flexibility index (Phi) is 14.3. The quantitative estimate of drug-likeness (QED) is 0.477. The minimum absolute atomic E-state index is 0.176. The molecule has 0 saturated carbocycles. The second-order valence-corrected chi connectivity index (χ2v) is 3.99. The Bertz CT molecular complexity index is 523. The molecule has 0 aliphatic heterocycles. The first kappa shape index (κ1) is 26.8. The van der Waals surface area contributed by atoms with Crippen molar-refractivity contribution in [2.45, 2.75) is 19.5 Å². The molecule has 3 N–H and O–H groups in total. The van der Waals surface area contributed by atoms with Crippen LogP contribution in [0.2, 0.25) is 0 Å². The summed E-state index contributed by atoms with van der Waals surface area (Å²) in [5.41, 5.74) is -0.127. The van der Waals surface area contributed by atoms with E-state index in [1.807, 2.05) is 0 Å².